The van der Waals surface area contributed by atoms with Crippen LogP contribution in [0.25, 0.3) is 0 Å². The molecule has 0 spiro atoms. The second-order valence-corrected chi connectivity index (χ2v) is 2.83. The second-order valence-electron chi connectivity index (χ2n) is 2.83. The maximum Gasteiger partial charge on any atom is 0.330 e. The maximum atomic E-state index is 11.0. The van der Waals surface area contributed by atoms with E-state index in [9.17, 15) is 4.79 Å². The second kappa shape index (κ2) is 6.92. The fraction of sp³-hybridized carbons (Fsp3) is 0.667. The Morgan fingerprint density at radius 3 is 3.00 bits per heavy atom. The Morgan fingerprint density at radius 2 is 2.46 bits per heavy atom. The largest absolute Gasteiger partial charge is 0.463 e. The lowest BCUT2D eigenvalue weighted by atomic mass is 10.1. The molecule has 13 heavy (non-hydrogen) atoms. The molecule has 1 aliphatic rings. The van der Waals surface area contributed by atoms with E-state index >= 15 is 0 Å². The van der Waals surface area contributed by atoms with Gasteiger partial charge in [0.15, 0.2) is 0 Å². The fourth-order valence-corrected chi connectivity index (χ4v) is 1.25. The number of piperidine rings is 1. The highest BCUT2D eigenvalue weighted by Gasteiger charge is 2.06. The van der Waals surface area contributed by atoms with Gasteiger partial charge in [-0.3, -0.25) is 0 Å². The molecular formula is C9H16ClNO2. The lowest BCUT2D eigenvalue weighted by Gasteiger charge is -2.14. The summed E-state index contributed by atoms with van der Waals surface area (Å²) < 4.78 is 4.80. The molecule has 0 aromatic heterocycles. The van der Waals surface area contributed by atoms with Crippen LogP contribution in [0.4, 0.5) is 0 Å². The van der Waals surface area contributed by atoms with Crippen molar-refractivity contribution in [2.45, 2.75) is 19.8 Å². The summed E-state index contributed by atoms with van der Waals surface area (Å²) in [5.74, 6) is -0.212. The van der Waals surface area contributed by atoms with E-state index in [1.54, 1.807) is 6.08 Å². The highest BCUT2D eigenvalue weighted by atomic mass is 35.5. The lowest BCUT2D eigenvalue weighted by Crippen LogP contribution is -2.24. The van der Waals surface area contributed by atoms with Crippen molar-refractivity contribution in [2.24, 2.45) is 0 Å². The lowest BCUT2D eigenvalue weighted by molar-refractivity contribution is -0.137. The Kier molecular flexibility index (Phi) is 6.63. The van der Waals surface area contributed by atoms with Gasteiger partial charge in [0.05, 0.1) is 6.61 Å². The van der Waals surface area contributed by atoms with Crippen LogP contribution in [0.15, 0.2) is 11.6 Å². The topological polar surface area (TPSA) is 38.3 Å². The summed E-state index contributed by atoms with van der Waals surface area (Å²) in [5, 5.41) is 3.21. The minimum Gasteiger partial charge on any atom is -0.463 e. The average Bonchev–Trinajstić information content (AvgIpc) is 2.06. The van der Waals surface area contributed by atoms with Crippen LogP contribution in [0.5, 0.6) is 0 Å². The summed E-state index contributed by atoms with van der Waals surface area (Å²) in [6, 6.07) is 0. The zero-order chi connectivity index (χ0) is 8.81. The van der Waals surface area contributed by atoms with Gasteiger partial charge in [0.2, 0.25) is 0 Å². The quantitative estimate of drug-likeness (QED) is 0.545. The first kappa shape index (κ1) is 12.5. The number of rotatable bonds is 2. The van der Waals surface area contributed by atoms with E-state index in [-0.39, 0.29) is 18.4 Å². The number of carbonyl (C=O) groups excluding carboxylic acids is 1. The standard InChI is InChI=1S/C9H15NO2.ClH/c1-2-12-9(11)6-8-4-3-5-10-7-8;/h6,10H,2-5,7H2,1H3;1H/b8-6+;. The Balaban J connectivity index is 0.00000144. The third kappa shape index (κ3) is 4.90. The number of carbonyl (C=O) groups is 1. The third-order valence-corrected chi connectivity index (χ3v) is 1.81. The first-order valence-corrected chi connectivity index (χ1v) is 4.40. The Morgan fingerprint density at radius 1 is 1.69 bits per heavy atom. The monoisotopic (exact) mass is 205 g/mol. The molecule has 1 aliphatic heterocycles. The molecule has 1 fully saturated rings. The van der Waals surface area contributed by atoms with Crippen molar-refractivity contribution >= 4 is 18.4 Å². The molecule has 0 atom stereocenters. The Hall–Kier alpha value is -0.540. The van der Waals surface area contributed by atoms with Gasteiger partial charge >= 0.3 is 5.97 Å². The molecule has 1 saturated heterocycles. The number of ether oxygens (including phenoxy) is 1. The van der Waals surface area contributed by atoms with Gasteiger partial charge in [-0.25, -0.2) is 4.79 Å². The summed E-state index contributed by atoms with van der Waals surface area (Å²) in [6.07, 6.45) is 3.74. The fourth-order valence-electron chi connectivity index (χ4n) is 1.25. The number of hydrogen-bond acceptors (Lipinski definition) is 3. The predicted octanol–water partition coefficient (Wildman–Crippen LogP) is 1.28. The summed E-state index contributed by atoms with van der Waals surface area (Å²) in [7, 11) is 0. The van der Waals surface area contributed by atoms with E-state index in [0.717, 1.165) is 31.5 Å². The zero-order valence-electron chi connectivity index (χ0n) is 7.84. The number of hydrogen-bond donors (Lipinski definition) is 1. The van der Waals surface area contributed by atoms with Gasteiger partial charge in [0.25, 0.3) is 0 Å². The normalized spacial score (nSPS) is 19.3. The average molecular weight is 206 g/mol. The summed E-state index contributed by atoms with van der Waals surface area (Å²) in [4.78, 5) is 11.0. The first-order valence-electron chi connectivity index (χ1n) is 4.40. The summed E-state index contributed by atoms with van der Waals surface area (Å²) in [5.41, 5.74) is 1.15. The highest BCUT2D eigenvalue weighted by Crippen LogP contribution is 2.07. The molecular weight excluding hydrogens is 190 g/mol. The number of esters is 1. The molecule has 76 valence electrons. The van der Waals surface area contributed by atoms with Gasteiger partial charge in [-0.15, -0.1) is 12.4 Å². The molecule has 0 saturated carbocycles. The Bertz CT molecular complexity index is 184. The first-order chi connectivity index (χ1) is 5.83. The van der Waals surface area contributed by atoms with Crippen molar-refractivity contribution in [3.05, 3.63) is 11.6 Å². The summed E-state index contributed by atoms with van der Waals surface area (Å²) in [6.45, 7) is 4.16. The van der Waals surface area contributed by atoms with Crippen molar-refractivity contribution in [3.63, 3.8) is 0 Å². The van der Waals surface area contributed by atoms with Gasteiger partial charge in [0, 0.05) is 12.6 Å². The molecule has 1 N–H and O–H groups in total. The van der Waals surface area contributed by atoms with Gasteiger partial charge in [-0.05, 0) is 31.9 Å². The minimum atomic E-state index is -0.212. The van der Waals surface area contributed by atoms with Gasteiger partial charge in [-0.1, -0.05) is 0 Å². The van der Waals surface area contributed by atoms with Crippen molar-refractivity contribution in [1.29, 1.82) is 0 Å². The molecule has 0 aliphatic carbocycles. The highest BCUT2D eigenvalue weighted by molar-refractivity contribution is 5.85. The summed E-state index contributed by atoms with van der Waals surface area (Å²) >= 11 is 0. The maximum absolute atomic E-state index is 11.0. The van der Waals surface area contributed by atoms with Crippen molar-refractivity contribution in [1.82, 2.24) is 5.32 Å². The van der Waals surface area contributed by atoms with Crippen LogP contribution in [-0.4, -0.2) is 25.7 Å². The molecule has 0 bridgehead atoms. The SMILES string of the molecule is CCOC(=O)/C=C1\CCCNC1.Cl. The van der Waals surface area contributed by atoms with Crippen LogP contribution in [0.1, 0.15) is 19.8 Å². The van der Waals surface area contributed by atoms with Crippen molar-refractivity contribution in [2.75, 3.05) is 19.7 Å². The van der Waals surface area contributed by atoms with Crippen LogP contribution in [-0.2, 0) is 9.53 Å². The van der Waals surface area contributed by atoms with Crippen molar-refractivity contribution in [3.8, 4) is 0 Å². The van der Waals surface area contributed by atoms with E-state index in [1.165, 1.54) is 0 Å². The van der Waals surface area contributed by atoms with E-state index in [2.05, 4.69) is 5.32 Å². The molecule has 0 unspecified atom stereocenters. The Labute approximate surface area is 84.9 Å². The van der Waals surface area contributed by atoms with Crippen LogP contribution in [0, 0.1) is 0 Å². The van der Waals surface area contributed by atoms with Crippen LogP contribution in [0.3, 0.4) is 0 Å². The van der Waals surface area contributed by atoms with E-state index in [1.807, 2.05) is 6.92 Å². The van der Waals surface area contributed by atoms with Crippen LogP contribution >= 0.6 is 12.4 Å². The van der Waals surface area contributed by atoms with Crippen LogP contribution < -0.4 is 5.32 Å². The smallest absolute Gasteiger partial charge is 0.330 e. The molecule has 0 amide bonds. The van der Waals surface area contributed by atoms with E-state index in [0.29, 0.717) is 6.61 Å². The number of halogens is 1. The molecule has 0 aromatic carbocycles. The van der Waals surface area contributed by atoms with Gasteiger partial charge in [0.1, 0.15) is 0 Å². The van der Waals surface area contributed by atoms with Gasteiger partial charge in [-0.2, -0.15) is 0 Å². The van der Waals surface area contributed by atoms with Crippen LogP contribution in [0.2, 0.25) is 0 Å². The molecule has 0 aromatic rings. The molecule has 4 heteroatoms. The number of nitrogens with one attached hydrogen (secondary N) is 1. The molecule has 3 nitrogen and oxygen atoms in total. The van der Waals surface area contributed by atoms with Crippen molar-refractivity contribution < 1.29 is 9.53 Å². The molecule has 1 heterocycles. The van der Waals surface area contributed by atoms with E-state index < -0.39 is 0 Å². The molecule has 0 radical (unpaired) electrons. The third-order valence-electron chi connectivity index (χ3n) is 1.81. The molecule has 1 rings (SSSR count). The van der Waals surface area contributed by atoms with Gasteiger partial charge < -0.3 is 10.1 Å². The zero-order valence-corrected chi connectivity index (χ0v) is 8.65. The minimum absolute atomic E-state index is 0. The predicted molar refractivity (Wildman–Crippen MR) is 54.1 cm³/mol. The van der Waals surface area contributed by atoms with E-state index in [4.69, 9.17) is 4.74 Å².